The second-order valence-electron chi connectivity index (χ2n) is 7.21. The molecule has 0 aliphatic carbocycles. The van der Waals surface area contributed by atoms with Crippen LogP contribution in [0.15, 0.2) is 59.3 Å². The minimum absolute atomic E-state index is 0.0217. The first-order valence-electron chi connectivity index (χ1n) is 9.17. The van der Waals surface area contributed by atoms with Crippen molar-refractivity contribution in [3.63, 3.8) is 0 Å². The first kappa shape index (κ1) is 20.6. The zero-order valence-corrected chi connectivity index (χ0v) is 17.4. The number of likely N-dealkylation sites (tertiary alicyclic amines) is 1. The van der Waals surface area contributed by atoms with Crippen molar-refractivity contribution in [1.82, 2.24) is 9.80 Å². The van der Waals surface area contributed by atoms with Gasteiger partial charge in [-0.2, -0.15) is 0 Å². The molecule has 158 valence electrons. The maximum atomic E-state index is 13.1. The molecule has 0 spiro atoms. The van der Waals surface area contributed by atoms with Crippen LogP contribution in [-0.4, -0.2) is 43.3 Å². The average molecular weight is 452 g/mol. The number of nitrogens with two attached hydrogens (primary N) is 1. The Labute approximate surface area is 178 Å². The van der Waals surface area contributed by atoms with Gasteiger partial charge in [0.25, 0.3) is 5.91 Å². The highest BCUT2D eigenvalue weighted by atomic mass is 35.5. The van der Waals surface area contributed by atoms with Gasteiger partial charge in [-0.15, -0.1) is 0 Å². The lowest BCUT2D eigenvalue weighted by Gasteiger charge is -2.30. The third-order valence-corrected chi connectivity index (χ3v) is 6.28. The summed E-state index contributed by atoms with van der Waals surface area (Å²) in [7, 11) is -4.05. The maximum absolute atomic E-state index is 13.1. The normalized spacial score (nSPS) is 18.0. The molecule has 1 amide bonds. The molecular formula is C20H19ClFN3O4S. The van der Waals surface area contributed by atoms with Gasteiger partial charge in [-0.1, -0.05) is 23.7 Å². The Balaban J connectivity index is 1.40. The van der Waals surface area contributed by atoms with Crippen LogP contribution >= 0.6 is 11.6 Å². The minimum atomic E-state index is -4.05. The van der Waals surface area contributed by atoms with Gasteiger partial charge >= 0.3 is 0 Å². The summed E-state index contributed by atoms with van der Waals surface area (Å²) >= 11 is 5.83. The van der Waals surface area contributed by atoms with Gasteiger partial charge in [0, 0.05) is 36.4 Å². The van der Waals surface area contributed by atoms with Gasteiger partial charge in [-0.05, 0) is 35.9 Å². The molecule has 4 rings (SSSR count). The van der Waals surface area contributed by atoms with Gasteiger partial charge in [0.05, 0.1) is 6.04 Å². The van der Waals surface area contributed by atoms with Crippen LogP contribution in [0.1, 0.15) is 12.0 Å². The zero-order chi connectivity index (χ0) is 21.5. The number of hydrogen-bond donors (Lipinski definition) is 1. The number of carbonyl (C=O) groups excluding carboxylic acids is 1. The molecule has 30 heavy (non-hydrogen) atoms. The van der Waals surface area contributed by atoms with Crippen LogP contribution in [0.5, 0.6) is 5.75 Å². The van der Waals surface area contributed by atoms with E-state index < -0.39 is 10.0 Å². The molecule has 7 nitrogen and oxygen atoms in total. The minimum Gasteiger partial charge on any atom is -0.482 e. The Morgan fingerprint density at radius 3 is 2.60 bits per heavy atom. The van der Waals surface area contributed by atoms with Crippen molar-refractivity contribution in [2.75, 3.05) is 13.2 Å². The summed E-state index contributed by atoms with van der Waals surface area (Å²) in [5.41, 5.74) is 1.86. The number of carbonyl (C=O) groups is 1. The highest BCUT2D eigenvalue weighted by Gasteiger charge is 2.39. The van der Waals surface area contributed by atoms with Crippen LogP contribution in [0.2, 0.25) is 5.02 Å². The molecule has 1 saturated heterocycles. The number of primary sulfonamides is 1. The number of hydrogen-bond acceptors (Lipinski definition) is 5. The summed E-state index contributed by atoms with van der Waals surface area (Å²) in [6.07, 6.45) is 2.66. The van der Waals surface area contributed by atoms with Crippen molar-refractivity contribution in [3.05, 3.63) is 70.8 Å². The summed E-state index contributed by atoms with van der Waals surface area (Å²) < 4.78 is 42.0. The lowest BCUT2D eigenvalue weighted by molar-refractivity contribution is -0.131. The molecule has 2 bridgehead atoms. The lowest BCUT2D eigenvalue weighted by Crippen LogP contribution is -2.40. The fourth-order valence-corrected chi connectivity index (χ4v) is 4.60. The molecular weight excluding hydrogens is 433 g/mol. The van der Waals surface area contributed by atoms with Gasteiger partial charge in [0.15, 0.2) is 6.61 Å². The van der Waals surface area contributed by atoms with Crippen molar-refractivity contribution in [2.45, 2.75) is 23.9 Å². The Morgan fingerprint density at radius 2 is 1.97 bits per heavy atom. The Morgan fingerprint density at radius 1 is 1.23 bits per heavy atom. The number of nitrogens with zero attached hydrogens (tertiary/aromatic N) is 2. The van der Waals surface area contributed by atoms with E-state index in [0.29, 0.717) is 13.1 Å². The van der Waals surface area contributed by atoms with Gasteiger partial charge in [-0.25, -0.2) is 17.9 Å². The topological polar surface area (TPSA) is 92.9 Å². The van der Waals surface area contributed by atoms with Crippen LogP contribution in [0.3, 0.4) is 0 Å². The van der Waals surface area contributed by atoms with Crippen molar-refractivity contribution < 1.29 is 22.3 Å². The summed E-state index contributed by atoms with van der Waals surface area (Å²) in [5.74, 6) is -0.574. The second-order valence-corrected chi connectivity index (χ2v) is 9.17. The summed E-state index contributed by atoms with van der Waals surface area (Å²) in [4.78, 5) is 16.1. The quantitative estimate of drug-likeness (QED) is 0.728. The highest BCUT2D eigenvalue weighted by Crippen LogP contribution is 2.34. The number of ether oxygens (including phenoxy) is 1. The summed E-state index contributed by atoms with van der Waals surface area (Å²) in [5, 5.41) is 5.39. The number of rotatable bonds is 6. The fourth-order valence-electron chi connectivity index (χ4n) is 3.66. The standard InChI is InChI=1S/C20H19ClFN3O4S/c21-14-3-6-18(19(7-14)30(23,27)28)29-12-20(26)25-11-16-8-17(25)10-24(16)9-13-1-4-15(22)5-2-13/h1-7,10,16H,8-9,11-12H2,(H2,23,27,28). The van der Waals surface area contributed by atoms with Crippen molar-refractivity contribution in [2.24, 2.45) is 5.14 Å². The van der Waals surface area contributed by atoms with Gasteiger partial charge in [0.2, 0.25) is 10.0 Å². The number of fused-ring (bicyclic) bond motifs is 2. The van der Waals surface area contributed by atoms with E-state index >= 15 is 0 Å². The van der Waals surface area contributed by atoms with Crippen LogP contribution < -0.4 is 9.88 Å². The first-order valence-corrected chi connectivity index (χ1v) is 11.1. The third-order valence-electron chi connectivity index (χ3n) is 5.11. The van der Waals surface area contributed by atoms with E-state index in [9.17, 15) is 17.6 Å². The van der Waals surface area contributed by atoms with E-state index in [4.69, 9.17) is 21.5 Å². The van der Waals surface area contributed by atoms with Gasteiger partial charge in [0.1, 0.15) is 16.5 Å². The highest BCUT2D eigenvalue weighted by molar-refractivity contribution is 7.89. The van der Waals surface area contributed by atoms with E-state index in [1.807, 2.05) is 6.20 Å². The molecule has 1 fully saturated rings. The monoisotopic (exact) mass is 451 g/mol. The van der Waals surface area contributed by atoms with E-state index in [1.54, 1.807) is 17.0 Å². The maximum Gasteiger partial charge on any atom is 0.264 e. The van der Waals surface area contributed by atoms with Crippen LogP contribution in [0, 0.1) is 5.82 Å². The second kappa shape index (κ2) is 7.90. The molecule has 0 aromatic heterocycles. The molecule has 0 radical (unpaired) electrons. The van der Waals surface area contributed by atoms with Gasteiger partial charge in [-0.3, -0.25) is 4.79 Å². The summed E-state index contributed by atoms with van der Waals surface area (Å²) in [6.45, 7) is 0.819. The lowest BCUT2D eigenvalue weighted by atomic mass is 10.2. The fraction of sp³-hybridized carbons (Fsp3) is 0.250. The van der Waals surface area contributed by atoms with E-state index in [0.717, 1.165) is 17.7 Å². The molecule has 2 aromatic rings. The molecule has 2 heterocycles. The van der Waals surface area contributed by atoms with E-state index in [-0.39, 0.29) is 40.0 Å². The number of halogens is 2. The molecule has 1 unspecified atom stereocenters. The van der Waals surface area contributed by atoms with Crippen molar-refractivity contribution >= 4 is 27.5 Å². The van der Waals surface area contributed by atoms with Crippen molar-refractivity contribution in [1.29, 1.82) is 0 Å². The molecule has 0 saturated carbocycles. The van der Waals surface area contributed by atoms with Crippen LogP contribution in [0.4, 0.5) is 4.39 Å². The first-order chi connectivity index (χ1) is 14.2. The number of amides is 1. The largest absolute Gasteiger partial charge is 0.482 e. The van der Waals surface area contributed by atoms with Crippen LogP contribution in [0.25, 0.3) is 0 Å². The average Bonchev–Trinajstić information content (AvgIpc) is 3.28. The molecule has 2 aromatic carbocycles. The predicted molar refractivity (Wildman–Crippen MR) is 108 cm³/mol. The number of sulfonamides is 1. The SMILES string of the molecule is NS(=O)(=O)c1cc(Cl)ccc1OCC(=O)N1CC2CC1=CN2Cc1ccc(F)cc1. The molecule has 2 N–H and O–H groups in total. The molecule has 10 heteroatoms. The number of benzene rings is 2. The van der Waals surface area contributed by atoms with E-state index in [1.165, 1.54) is 30.3 Å². The Kier molecular flexibility index (Phi) is 5.44. The van der Waals surface area contributed by atoms with E-state index in [2.05, 4.69) is 4.90 Å². The molecule has 2 aliphatic rings. The molecule has 1 atom stereocenters. The predicted octanol–water partition coefficient (Wildman–Crippen LogP) is 2.46. The van der Waals surface area contributed by atoms with Gasteiger partial charge < -0.3 is 14.5 Å². The summed E-state index contributed by atoms with van der Waals surface area (Å²) in [6, 6.07) is 10.5. The smallest absolute Gasteiger partial charge is 0.264 e. The zero-order valence-electron chi connectivity index (χ0n) is 15.8. The van der Waals surface area contributed by atoms with Crippen LogP contribution in [-0.2, 0) is 21.4 Å². The Bertz CT molecular complexity index is 1120. The molecule has 2 aliphatic heterocycles. The van der Waals surface area contributed by atoms with Crippen molar-refractivity contribution in [3.8, 4) is 5.75 Å². The third kappa shape index (κ3) is 4.28. The Hall–Kier alpha value is -2.62.